The zero-order chi connectivity index (χ0) is 3.41. The topological polar surface area (TPSA) is 26.0 Å². The molecule has 0 amide bonds. The number of hydrogen-bond donors (Lipinski definition) is 1. The van der Waals surface area contributed by atoms with Gasteiger partial charge in [0.1, 0.15) is 0 Å². The third-order valence-electron chi connectivity index (χ3n) is 0.204. The molecular formula is C2H9INP. The fourth-order valence-corrected chi connectivity index (χ4v) is 0. The molecule has 0 saturated carbocycles. The lowest BCUT2D eigenvalue weighted by atomic mass is 11.0. The SMILES string of the molecule is CCPN.I. The molecule has 5 heavy (non-hydrogen) atoms. The first kappa shape index (κ1) is 9.45. The summed E-state index contributed by atoms with van der Waals surface area (Å²) >= 11 is 0. The maximum absolute atomic E-state index is 5.06. The molecule has 0 rings (SSSR count). The summed E-state index contributed by atoms with van der Waals surface area (Å²) in [6.45, 7) is 2.07. The molecule has 34 valence electrons. The summed E-state index contributed by atoms with van der Waals surface area (Å²) in [4.78, 5) is 0. The van der Waals surface area contributed by atoms with Gasteiger partial charge in [0.2, 0.25) is 0 Å². The van der Waals surface area contributed by atoms with Crippen LogP contribution in [0, 0.1) is 0 Å². The van der Waals surface area contributed by atoms with Crippen molar-refractivity contribution in [3.63, 3.8) is 0 Å². The van der Waals surface area contributed by atoms with Crippen molar-refractivity contribution < 1.29 is 0 Å². The van der Waals surface area contributed by atoms with Gasteiger partial charge in [-0.05, 0) is 6.16 Å². The van der Waals surface area contributed by atoms with Crippen molar-refractivity contribution in [2.24, 2.45) is 5.50 Å². The molecule has 0 radical (unpaired) electrons. The van der Waals surface area contributed by atoms with Gasteiger partial charge in [0.25, 0.3) is 0 Å². The van der Waals surface area contributed by atoms with Crippen LogP contribution in [-0.4, -0.2) is 6.16 Å². The second-order valence-electron chi connectivity index (χ2n) is 0.558. The maximum Gasteiger partial charge on any atom is -0.0253 e. The molecule has 3 heteroatoms. The van der Waals surface area contributed by atoms with Gasteiger partial charge in [0.15, 0.2) is 0 Å². The molecule has 0 bridgehead atoms. The number of nitrogens with two attached hydrogens (primary N) is 1. The summed E-state index contributed by atoms with van der Waals surface area (Å²) in [7, 11) is 0.640. The van der Waals surface area contributed by atoms with Gasteiger partial charge in [-0.15, -0.1) is 24.0 Å². The average molecular weight is 205 g/mol. The van der Waals surface area contributed by atoms with E-state index in [1.165, 1.54) is 0 Å². The maximum atomic E-state index is 5.06. The van der Waals surface area contributed by atoms with Crippen LogP contribution in [0.1, 0.15) is 6.92 Å². The zero-order valence-electron chi connectivity index (χ0n) is 3.19. The summed E-state index contributed by atoms with van der Waals surface area (Å²) in [6, 6.07) is 0. The fourth-order valence-electron chi connectivity index (χ4n) is 0. The summed E-state index contributed by atoms with van der Waals surface area (Å²) in [6.07, 6.45) is 1.12. The minimum Gasteiger partial charge on any atom is -0.312 e. The quantitative estimate of drug-likeness (QED) is 0.504. The molecular weight excluding hydrogens is 196 g/mol. The second kappa shape index (κ2) is 8.93. The molecule has 1 atom stereocenters. The van der Waals surface area contributed by atoms with Crippen LogP contribution in [0.4, 0.5) is 0 Å². The van der Waals surface area contributed by atoms with Crippen molar-refractivity contribution in [3.8, 4) is 0 Å². The van der Waals surface area contributed by atoms with Gasteiger partial charge in [-0.3, -0.25) is 0 Å². The molecule has 0 aromatic heterocycles. The van der Waals surface area contributed by atoms with E-state index in [2.05, 4.69) is 6.92 Å². The van der Waals surface area contributed by atoms with Crippen LogP contribution in [-0.2, 0) is 0 Å². The monoisotopic (exact) mass is 205 g/mol. The Hall–Kier alpha value is 1.12. The first-order valence-electron chi connectivity index (χ1n) is 1.35. The van der Waals surface area contributed by atoms with Gasteiger partial charge in [-0.25, -0.2) is 0 Å². The van der Waals surface area contributed by atoms with Gasteiger partial charge in [0.05, 0.1) is 0 Å². The predicted octanol–water partition coefficient (Wildman–Crippen LogP) is 1.18. The summed E-state index contributed by atoms with van der Waals surface area (Å²) < 4.78 is 0. The van der Waals surface area contributed by atoms with E-state index < -0.39 is 0 Å². The first-order valence-corrected chi connectivity index (χ1v) is 2.63. The molecule has 1 unspecified atom stereocenters. The third kappa shape index (κ3) is 11.1. The Bertz CT molecular complexity index is 11.6. The minimum absolute atomic E-state index is 0. The van der Waals surface area contributed by atoms with Crippen LogP contribution >= 0.6 is 32.7 Å². The van der Waals surface area contributed by atoms with Gasteiger partial charge >= 0.3 is 0 Å². The van der Waals surface area contributed by atoms with Crippen molar-refractivity contribution in [1.29, 1.82) is 0 Å². The number of halogens is 1. The van der Waals surface area contributed by atoms with Crippen LogP contribution < -0.4 is 5.50 Å². The van der Waals surface area contributed by atoms with Crippen LogP contribution in [0.25, 0.3) is 0 Å². The lowest BCUT2D eigenvalue weighted by Crippen LogP contribution is -1.69. The smallest absolute Gasteiger partial charge is 0.0253 e. The van der Waals surface area contributed by atoms with Gasteiger partial charge in [-0.1, -0.05) is 15.7 Å². The van der Waals surface area contributed by atoms with E-state index in [0.29, 0.717) is 8.73 Å². The molecule has 0 aromatic carbocycles. The van der Waals surface area contributed by atoms with Gasteiger partial charge < -0.3 is 5.50 Å². The molecule has 0 heterocycles. The molecule has 1 nitrogen and oxygen atoms in total. The molecule has 2 N–H and O–H groups in total. The molecule has 0 spiro atoms. The van der Waals surface area contributed by atoms with Crippen molar-refractivity contribution in [1.82, 2.24) is 0 Å². The van der Waals surface area contributed by atoms with Crippen molar-refractivity contribution in [2.45, 2.75) is 6.92 Å². The van der Waals surface area contributed by atoms with Crippen LogP contribution in [0.5, 0.6) is 0 Å². The van der Waals surface area contributed by atoms with E-state index >= 15 is 0 Å². The van der Waals surface area contributed by atoms with E-state index in [0.717, 1.165) is 6.16 Å². The zero-order valence-corrected chi connectivity index (χ0v) is 6.52. The Morgan fingerprint density at radius 2 is 2.00 bits per heavy atom. The highest BCUT2D eigenvalue weighted by molar-refractivity contribution is 14.0. The molecule has 0 aliphatic heterocycles. The largest absolute Gasteiger partial charge is 0.312 e. The summed E-state index contributed by atoms with van der Waals surface area (Å²) in [5, 5.41) is 0. The van der Waals surface area contributed by atoms with Crippen LogP contribution in [0.15, 0.2) is 0 Å². The lowest BCUT2D eigenvalue weighted by Gasteiger charge is -1.71. The standard InChI is InChI=1S/C2H8NP.HI/c1-2-4-3;/h4H,2-3H2,1H3;1H. The molecule has 0 saturated heterocycles. The Morgan fingerprint density at radius 3 is 2.00 bits per heavy atom. The van der Waals surface area contributed by atoms with Crippen molar-refractivity contribution in [2.75, 3.05) is 6.16 Å². The van der Waals surface area contributed by atoms with Crippen LogP contribution in [0.2, 0.25) is 0 Å². The lowest BCUT2D eigenvalue weighted by molar-refractivity contribution is 1.51. The Morgan fingerprint density at radius 1 is 1.80 bits per heavy atom. The molecule has 0 aliphatic carbocycles. The van der Waals surface area contributed by atoms with E-state index in [1.54, 1.807) is 0 Å². The highest BCUT2D eigenvalue weighted by Gasteiger charge is 1.54. The number of hydrogen-bond acceptors (Lipinski definition) is 1. The first-order chi connectivity index (χ1) is 1.91. The Kier molecular flexibility index (Phi) is 16.9. The molecule has 0 aromatic rings. The predicted molar refractivity (Wildman–Crippen MR) is 38.5 cm³/mol. The normalized spacial score (nSPS) is 8.40. The Labute approximate surface area is 51.6 Å². The third-order valence-corrected chi connectivity index (χ3v) is 0.612. The average Bonchev–Trinajstić information content (AvgIpc) is 1.37. The van der Waals surface area contributed by atoms with E-state index in [4.69, 9.17) is 5.50 Å². The van der Waals surface area contributed by atoms with E-state index in [9.17, 15) is 0 Å². The molecule has 0 aliphatic rings. The van der Waals surface area contributed by atoms with Crippen molar-refractivity contribution in [3.05, 3.63) is 0 Å². The minimum atomic E-state index is 0. The van der Waals surface area contributed by atoms with Gasteiger partial charge in [-0.2, -0.15) is 0 Å². The van der Waals surface area contributed by atoms with E-state index in [-0.39, 0.29) is 24.0 Å². The highest BCUT2D eigenvalue weighted by atomic mass is 127. The second-order valence-corrected chi connectivity index (χ2v) is 1.67. The summed E-state index contributed by atoms with van der Waals surface area (Å²) in [5.41, 5.74) is 5.06. The molecule has 0 fully saturated rings. The highest BCUT2D eigenvalue weighted by Crippen LogP contribution is 1.87. The van der Waals surface area contributed by atoms with Crippen molar-refractivity contribution >= 4 is 32.7 Å². The fraction of sp³-hybridized carbons (Fsp3) is 1.00. The van der Waals surface area contributed by atoms with Gasteiger partial charge in [0, 0.05) is 0 Å². The van der Waals surface area contributed by atoms with Crippen LogP contribution in [0.3, 0.4) is 0 Å². The summed E-state index contributed by atoms with van der Waals surface area (Å²) in [5.74, 6) is 0. The Balaban J connectivity index is 0. The number of rotatable bonds is 1. The van der Waals surface area contributed by atoms with E-state index in [1.807, 2.05) is 0 Å².